The maximum absolute atomic E-state index is 11.7. The van der Waals surface area contributed by atoms with Gasteiger partial charge in [-0.1, -0.05) is 18.2 Å². The standard InChI is InChI=1S/C17H24N2O2/c20-16(12-18-10-4-7-17(18)21)13-19(11-14-8-9-14)15-5-2-1-3-6-15/h1-3,5-6,14,16,20H,4,7-13H2. The number of anilines is 1. The molecule has 21 heavy (non-hydrogen) atoms. The number of carbonyl (C=O) groups is 1. The van der Waals surface area contributed by atoms with Crippen molar-refractivity contribution >= 4 is 11.6 Å². The minimum Gasteiger partial charge on any atom is -0.389 e. The molecular weight excluding hydrogens is 264 g/mol. The van der Waals surface area contributed by atoms with E-state index in [0.717, 1.165) is 31.1 Å². The Morgan fingerprint density at radius 2 is 2.05 bits per heavy atom. The number of aliphatic hydroxyl groups is 1. The molecular formula is C17H24N2O2. The average Bonchev–Trinajstić information content (AvgIpc) is 3.22. The van der Waals surface area contributed by atoms with E-state index in [9.17, 15) is 9.90 Å². The van der Waals surface area contributed by atoms with Gasteiger partial charge in [0.05, 0.1) is 6.10 Å². The van der Waals surface area contributed by atoms with Gasteiger partial charge in [0.2, 0.25) is 5.91 Å². The second kappa shape index (κ2) is 6.48. The molecule has 0 bridgehead atoms. The molecule has 1 heterocycles. The molecule has 1 amide bonds. The first kappa shape index (κ1) is 14.4. The van der Waals surface area contributed by atoms with Gasteiger partial charge in [0.15, 0.2) is 0 Å². The molecule has 3 rings (SSSR count). The molecule has 2 fully saturated rings. The van der Waals surface area contributed by atoms with Gasteiger partial charge < -0.3 is 14.9 Å². The maximum atomic E-state index is 11.7. The summed E-state index contributed by atoms with van der Waals surface area (Å²) in [5.41, 5.74) is 1.16. The monoisotopic (exact) mass is 288 g/mol. The number of carbonyl (C=O) groups excluding carboxylic acids is 1. The zero-order valence-electron chi connectivity index (χ0n) is 12.4. The van der Waals surface area contributed by atoms with Crippen LogP contribution < -0.4 is 4.90 Å². The van der Waals surface area contributed by atoms with Crippen molar-refractivity contribution in [3.8, 4) is 0 Å². The Labute approximate surface area is 126 Å². The number of amides is 1. The van der Waals surface area contributed by atoms with Crippen LogP contribution in [0.25, 0.3) is 0 Å². The molecule has 0 aromatic heterocycles. The lowest BCUT2D eigenvalue weighted by Gasteiger charge is -2.29. The van der Waals surface area contributed by atoms with E-state index in [1.165, 1.54) is 12.8 Å². The minimum atomic E-state index is -0.481. The number of hydrogen-bond acceptors (Lipinski definition) is 3. The molecule has 4 nitrogen and oxygen atoms in total. The van der Waals surface area contributed by atoms with Crippen LogP contribution in [-0.2, 0) is 4.79 Å². The smallest absolute Gasteiger partial charge is 0.222 e. The van der Waals surface area contributed by atoms with Crippen molar-refractivity contribution in [1.29, 1.82) is 0 Å². The normalized spacial score (nSPS) is 19.9. The highest BCUT2D eigenvalue weighted by Crippen LogP contribution is 2.31. The Balaban J connectivity index is 1.59. The van der Waals surface area contributed by atoms with Crippen molar-refractivity contribution in [3.63, 3.8) is 0 Å². The molecule has 1 saturated heterocycles. The van der Waals surface area contributed by atoms with E-state index < -0.39 is 6.10 Å². The summed E-state index contributed by atoms with van der Waals surface area (Å²) >= 11 is 0. The Morgan fingerprint density at radius 3 is 2.67 bits per heavy atom. The predicted molar refractivity (Wildman–Crippen MR) is 83.2 cm³/mol. The number of hydrogen-bond donors (Lipinski definition) is 1. The summed E-state index contributed by atoms with van der Waals surface area (Å²) in [6.07, 6.45) is 3.67. The lowest BCUT2D eigenvalue weighted by atomic mass is 10.2. The van der Waals surface area contributed by atoms with E-state index in [4.69, 9.17) is 0 Å². The Kier molecular flexibility index (Phi) is 4.44. The third-order valence-corrected chi connectivity index (χ3v) is 4.33. The van der Waals surface area contributed by atoms with E-state index in [1.807, 2.05) is 18.2 Å². The van der Waals surface area contributed by atoms with Crippen molar-refractivity contribution in [2.75, 3.05) is 31.1 Å². The van der Waals surface area contributed by atoms with Gasteiger partial charge in [-0.15, -0.1) is 0 Å². The molecule has 1 aliphatic carbocycles. The highest BCUT2D eigenvalue weighted by Gasteiger charge is 2.27. The van der Waals surface area contributed by atoms with Crippen molar-refractivity contribution in [2.45, 2.75) is 31.8 Å². The molecule has 114 valence electrons. The summed E-state index contributed by atoms with van der Waals surface area (Å²) in [7, 11) is 0. The van der Waals surface area contributed by atoms with E-state index in [-0.39, 0.29) is 5.91 Å². The highest BCUT2D eigenvalue weighted by molar-refractivity contribution is 5.78. The van der Waals surface area contributed by atoms with Crippen molar-refractivity contribution in [1.82, 2.24) is 4.90 Å². The fourth-order valence-electron chi connectivity index (χ4n) is 3.00. The molecule has 1 saturated carbocycles. The van der Waals surface area contributed by atoms with E-state index in [1.54, 1.807) is 4.90 Å². The van der Waals surface area contributed by atoms with E-state index in [2.05, 4.69) is 17.0 Å². The largest absolute Gasteiger partial charge is 0.389 e. The van der Waals surface area contributed by atoms with Gasteiger partial charge in [0.1, 0.15) is 0 Å². The molecule has 1 unspecified atom stereocenters. The number of β-amino-alcohol motifs (C(OH)–C–C–N with tert-alkyl or cyclic N) is 1. The van der Waals surface area contributed by atoms with E-state index >= 15 is 0 Å². The number of benzene rings is 1. The minimum absolute atomic E-state index is 0.183. The van der Waals surface area contributed by atoms with Crippen LogP contribution in [0.4, 0.5) is 5.69 Å². The number of rotatable bonds is 7. The molecule has 1 N–H and O–H groups in total. The van der Waals surface area contributed by atoms with Gasteiger partial charge in [-0.2, -0.15) is 0 Å². The van der Waals surface area contributed by atoms with Crippen LogP contribution in [0.15, 0.2) is 30.3 Å². The third kappa shape index (κ3) is 3.97. The molecule has 0 radical (unpaired) electrons. The number of nitrogens with zero attached hydrogens (tertiary/aromatic N) is 2. The Hall–Kier alpha value is -1.55. The summed E-state index contributed by atoms with van der Waals surface area (Å²) in [5, 5.41) is 10.4. The lowest BCUT2D eigenvalue weighted by Crippen LogP contribution is -2.41. The number of aliphatic hydroxyl groups excluding tert-OH is 1. The second-order valence-corrected chi connectivity index (χ2v) is 6.28. The molecule has 0 spiro atoms. The number of likely N-dealkylation sites (tertiary alicyclic amines) is 1. The summed E-state index contributed by atoms with van der Waals surface area (Å²) in [6.45, 7) is 2.87. The SMILES string of the molecule is O=C1CCCN1CC(O)CN(CC1CC1)c1ccccc1. The maximum Gasteiger partial charge on any atom is 0.222 e. The second-order valence-electron chi connectivity index (χ2n) is 6.28. The van der Waals surface area contributed by atoms with E-state index in [0.29, 0.717) is 19.5 Å². The predicted octanol–water partition coefficient (Wildman–Crippen LogP) is 1.89. The average molecular weight is 288 g/mol. The summed E-state index contributed by atoms with van der Waals surface area (Å²) in [5.74, 6) is 0.952. The van der Waals surface area contributed by atoms with Crippen LogP contribution in [0.2, 0.25) is 0 Å². The molecule has 4 heteroatoms. The lowest BCUT2D eigenvalue weighted by molar-refractivity contribution is -0.128. The van der Waals surface area contributed by atoms with Gasteiger partial charge in [-0.25, -0.2) is 0 Å². The van der Waals surface area contributed by atoms with Crippen molar-refractivity contribution < 1.29 is 9.90 Å². The summed E-state index contributed by atoms with van der Waals surface area (Å²) in [6, 6.07) is 10.3. The molecule has 2 aliphatic rings. The van der Waals surface area contributed by atoms with Crippen LogP contribution >= 0.6 is 0 Å². The van der Waals surface area contributed by atoms with Crippen LogP contribution in [0.5, 0.6) is 0 Å². The topological polar surface area (TPSA) is 43.8 Å². The van der Waals surface area contributed by atoms with Crippen LogP contribution in [0, 0.1) is 5.92 Å². The van der Waals surface area contributed by atoms with Gasteiger partial charge in [-0.3, -0.25) is 4.79 Å². The molecule has 1 aromatic carbocycles. The van der Waals surface area contributed by atoms with Gasteiger partial charge in [0.25, 0.3) is 0 Å². The summed E-state index contributed by atoms with van der Waals surface area (Å²) in [4.78, 5) is 15.7. The Bertz CT molecular complexity index is 473. The van der Waals surface area contributed by atoms with Crippen LogP contribution in [0.1, 0.15) is 25.7 Å². The molecule has 1 aliphatic heterocycles. The molecule has 1 aromatic rings. The van der Waals surface area contributed by atoms with Crippen LogP contribution in [-0.4, -0.2) is 48.2 Å². The van der Waals surface area contributed by atoms with Gasteiger partial charge in [0, 0.05) is 38.3 Å². The summed E-state index contributed by atoms with van der Waals surface area (Å²) < 4.78 is 0. The Morgan fingerprint density at radius 1 is 1.29 bits per heavy atom. The van der Waals surface area contributed by atoms with Gasteiger partial charge in [-0.05, 0) is 37.3 Å². The third-order valence-electron chi connectivity index (χ3n) is 4.33. The van der Waals surface area contributed by atoms with Crippen LogP contribution in [0.3, 0.4) is 0 Å². The first-order valence-corrected chi connectivity index (χ1v) is 7.98. The van der Waals surface area contributed by atoms with Gasteiger partial charge >= 0.3 is 0 Å². The zero-order valence-corrected chi connectivity index (χ0v) is 12.4. The fourth-order valence-corrected chi connectivity index (χ4v) is 3.00. The molecule has 1 atom stereocenters. The first-order valence-electron chi connectivity index (χ1n) is 7.98. The number of para-hydroxylation sites is 1. The zero-order chi connectivity index (χ0) is 14.7. The fraction of sp³-hybridized carbons (Fsp3) is 0.588. The quantitative estimate of drug-likeness (QED) is 0.833. The first-order chi connectivity index (χ1) is 10.2. The van der Waals surface area contributed by atoms with Crippen molar-refractivity contribution in [3.05, 3.63) is 30.3 Å². The highest BCUT2D eigenvalue weighted by atomic mass is 16.3. The van der Waals surface area contributed by atoms with Crippen molar-refractivity contribution in [2.24, 2.45) is 5.92 Å².